The number of nitrogens with one attached hydrogen (secondary N) is 1. The summed E-state index contributed by atoms with van der Waals surface area (Å²) in [6.45, 7) is 6.49. The van der Waals surface area contributed by atoms with Crippen LogP contribution in [0.25, 0.3) is 0 Å². The number of hydrogen-bond donors (Lipinski definition) is 1. The molecule has 1 fully saturated rings. The summed E-state index contributed by atoms with van der Waals surface area (Å²) >= 11 is 0. The predicted octanol–water partition coefficient (Wildman–Crippen LogP) is 2.29. The van der Waals surface area contributed by atoms with E-state index in [1.54, 1.807) is 0 Å². The van der Waals surface area contributed by atoms with E-state index < -0.39 is 0 Å². The van der Waals surface area contributed by atoms with Gasteiger partial charge in [0.1, 0.15) is 5.72 Å². The molecular formula is C10H21NO. The zero-order valence-corrected chi connectivity index (χ0v) is 8.36. The van der Waals surface area contributed by atoms with Crippen molar-refractivity contribution < 1.29 is 4.74 Å². The highest BCUT2D eigenvalue weighted by Crippen LogP contribution is 2.22. The van der Waals surface area contributed by atoms with Gasteiger partial charge in [-0.15, -0.1) is 0 Å². The fourth-order valence-electron chi connectivity index (χ4n) is 1.73. The van der Waals surface area contributed by atoms with Crippen molar-refractivity contribution in [3.8, 4) is 0 Å². The van der Waals surface area contributed by atoms with Crippen molar-refractivity contribution in [1.29, 1.82) is 0 Å². The second kappa shape index (κ2) is 4.83. The minimum Gasteiger partial charge on any atom is -0.361 e. The van der Waals surface area contributed by atoms with Crippen LogP contribution in [-0.2, 0) is 4.74 Å². The highest BCUT2D eigenvalue weighted by atomic mass is 16.5. The van der Waals surface area contributed by atoms with Crippen LogP contribution in [0, 0.1) is 0 Å². The fourth-order valence-corrected chi connectivity index (χ4v) is 1.73. The molecule has 0 aliphatic carbocycles. The summed E-state index contributed by atoms with van der Waals surface area (Å²) in [6, 6.07) is 0. The highest BCUT2D eigenvalue weighted by molar-refractivity contribution is 4.79. The Morgan fingerprint density at radius 1 is 1.42 bits per heavy atom. The first-order valence-electron chi connectivity index (χ1n) is 5.22. The minimum atomic E-state index is 0.0221. The van der Waals surface area contributed by atoms with Crippen molar-refractivity contribution in [3.05, 3.63) is 0 Å². The molecule has 1 unspecified atom stereocenters. The van der Waals surface area contributed by atoms with Gasteiger partial charge in [0, 0.05) is 0 Å². The molecule has 72 valence electrons. The summed E-state index contributed by atoms with van der Waals surface area (Å²) in [5.74, 6) is 0. The van der Waals surface area contributed by atoms with Crippen LogP contribution in [0.2, 0.25) is 0 Å². The van der Waals surface area contributed by atoms with Gasteiger partial charge in [0.25, 0.3) is 0 Å². The summed E-state index contributed by atoms with van der Waals surface area (Å²) in [7, 11) is 0. The number of hydrogen-bond acceptors (Lipinski definition) is 2. The molecule has 1 aliphatic rings. The lowest BCUT2D eigenvalue weighted by Crippen LogP contribution is -2.51. The van der Waals surface area contributed by atoms with E-state index in [-0.39, 0.29) is 5.72 Å². The summed E-state index contributed by atoms with van der Waals surface area (Å²) in [5, 5.41) is 3.49. The molecule has 2 heteroatoms. The van der Waals surface area contributed by atoms with E-state index in [0.717, 1.165) is 26.0 Å². The van der Waals surface area contributed by atoms with Gasteiger partial charge in [-0.05, 0) is 32.2 Å². The Balaban J connectivity index is 2.37. The van der Waals surface area contributed by atoms with Crippen LogP contribution in [0.4, 0.5) is 0 Å². The predicted molar refractivity (Wildman–Crippen MR) is 51.1 cm³/mol. The molecule has 1 aliphatic heterocycles. The molecule has 0 radical (unpaired) electrons. The lowest BCUT2D eigenvalue weighted by atomic mass is 10.0. The molecule has 0 spiro atoms. The first-order valence-corrected chi connectivity index (χ1v) is 5.22. The average molecular weight is 171 g/mol. The molecule has 0 aromatic rings. The normalized spacial score (nSPS) is 30.5. The molecule has 0 saturated carbocycles. The molecule has 1 heterocycles. The van der Waals surface area contributed by atoms with Crippen LogP contribution < -0.4 is 5.32 Å². The first-order chi connectivity index (χ1) is 5.83. The van der Waals surface area contributed by atoms with Gasteiger partial charge >= 0.3 is 0 Å². The zero-order valence-electron chi connectivity index (χ0n) is 8.36. The third kappa shape index (κ3) is 2.46. The van der Waals surface area contributed by atoms with Crippen molar-refractivity contribution in [2.75, 3.05) is 13.2 Å². The van der Waals surface area contributed by atoms with Crippen molar-refractivity contribution in [3.63, 3.8) is 0 Å². The van der Waals surface area contributed by atoms with E-state index in [0.29, 0.717) is 0 Å². The molecule has 0 aromatic carbocycles. The summed E-state index contributed by atoms with van der Waals surface area (Å²) < 4.78 is 5.81. The Bertz CT molecular complexity index is 119. The van der Waals surface area contributed by atoms with Gasteiger partial charge in [-0.2, -0.15) is 0 Å². The number of unbranched alkanes of at least 4 members (excludes halogenated alkanes) is 1. The van der Waals surface area contributed by atoms with E-state index in [1.807, 2.05) is 0 Å². The number of rotatable bonds is 4. The lowest BCUT2D eigenvalue weighted by Gasteiger charge is -2.37. The summed E-state index contributed by atoms with van der Waals surface area (Å²) in [4.78, 5) is 0. The molecule has 1 atom stereocenters. The molecule has 0 amide bonds. The maximum Gasteiger partial charge on any atom is 0.118 e. The molecular weight excluding hydrogens is 150 g/mol. The van der Waals surface area contributed by atoms with Gasteiger partial charge in [0.15, 0.2) is 0 Å². The minimum absolute atomic E-state index is 0.0221. The SMILES string of the molecule is CCCCC1(CC)NCCCO1. The van der Waals surface area contributed by atoms with Gasteiger partial charge in [0.2, 0.25) is 0 Å². The lowest BCUT2D eigenvalue weighted by molar-refractivity contribution is -0.104. The fraction of sp³-hybridized carbons (Fsp3) is 1.00. The van der Waals surface area contributed by atoms with E-state index in [9.17, 15) is 0 Å². The second-order valence-corrected chi connectivity index (χ2v) is 3.58. The Hall–Kier alpha value is -0.0800. The van der Waals surface area contributed by atoms with Gasteiger partial charge in [-0.3, -0.25) is 5.32 Å². The first kappa shape index (κ1) is 10.0. The average Bonchev–Trinajstić information content (AvgIpc) is 2.16. The second-order valence-electron chi connectivity index (χ2n) is 3.58. The van der Waals surface area contributed by atoms with E-state index in [1.165, 1.54) is 19.3 Å². The zero-order chi connectivity index (χ0) is 8.86. The van der Waals surface area contributed by atoms with Gasteiger partial charge in [0.05, 0.1) is 6.61 Å². The largest absolute Gasteiger partial charge is 0.361 e. The third-order valence-electron chi connectivity index (χ3n) is 2.65. The highest BCUT2D eigenvalue weighted by Gasteiger charge is 2.29. The Morgan fingerprint density at radius 3 is 2.75 bits per heavy atom. The van der Waals surface area contributed by atoms with E-state index in [2.05, 4.69) is 19.2 Å². The summed E-state index contributed by atoms with van der Waals surface area (Å²) in [6.07, 6.45) is 5.94. The molecule has 2 nitrogen and oxygen atoms in total. The van der Waals surface area contributed by atoms with Crippen LogP contribution in [0.3, 0.4) is 0 Å². The molecule has 0 bridgehead atoms. The number of ether oxygens (including phenoxy) is 1. The molecule has 1 saturated heterocycles. The van der Waals surface area contributed by atoms with Crippen molar-refractivity contribution in [2.45, 2.75) is 51.7 Å². The van der Waals surface area contributed by atoms with Gasteiger partial charge < -0.3 is 4.74 Å². The quantitative estimate of drug-likeness (QED) is 0.700. The van der Waals surface area contributed by atoms with E-state index in [4.69, 9.17) is 4.74 Å². The van der Waals surface area contributed by atoms with Crippen LogP contribution in [0.15, 0.2) is 0 Å². The van der Waals surface area contributed by atoms with Gasteiger partial charge in [-0.25, -0.2) is 0 Å². The van der Waals surface area contributed by atoms with Crippen molar-refractivity contribution in [1.82, 2.24) is 5.32 Å². The third-order valence-corrected chi connectivity index (χ3v) is 2.65. The Labute approximate surface area is 75.7 Å². The standard InChI is InChI=1S/C10H21NO/c1-3-5-7-10(4-2)11-8-6-9-12-10/h11H,3-9H2,1-2H3. The Kier molecular flexibility index (Phi) is 4.02. The molecule has 1 rings (SSSR count). The maximum atomic E-state index is 5.81. The summed E-state index contributed by atoms with van der Waals surface area (Å²) in [5.41, 5.74) is 0.0221. The smallest absolute Gasteiger partial charge is 0.118 e. The monoisotopic (exact) mass is 171 g/mol. The maximum absolute atomic E-state index is 5.81. The molecule has 0 aromatic heterocycles. The topological polar surface area (TPSA) is 21.3 Å². The van der Waals surface area contributed by atoms with Gasteiger partial charge in [-0.1, -0.05) is 20.3 Å². The molecule has 12 heavy (non-hydrogen) atoms. The van der Waals surface area contributed by atoms with Crippen molar-refractivity contribution in [2.24, 2.45) is 0 Å². The van der Waals surface area contributed by atoms with Crippen molar-refractivity contribution >= 4 is 0 Å². The van der Waals surface area contributed by atoms with Crippen LogP contribution in [0.5, 0.6) is 0 Å². The van der Waals surface area contributed by atoms with Crippen LogP contribution >= 0.6 is 0 Å². The van der Waals surface area contributed by atoms with Crippen LogP contribution in [0.1, 0.15) is 46.0 Å². The van der Waals surface area contributed by atoms with Crippen LogP contribution in [-0.4, -0.2) is 18.9 Å². The van der Waals surface area contributed by atoms with E-state index >= 15 is 0 Å². The molecule has 1 N–H and O–H groups in total. The Morgan fingerprint density at radius 2 is 2.25 bits per heavy atom.